The Hall–Kier alpha value is -2.33. The maximum absolute atomic E-state index is 12.1. The second kappa shape index (κ2) is 4.50. The highest BCUT2D eigenvalue weighted by molar-refractivity contribution is 6.11. The van der Waals surface area contributed by atoms with Crippen molar-refractivity contribution >= 4 is 5.78 Å². The molecular formula is C14H12O4. The zero-order chi connectivity index (χ0) is 13.3. The molecule has 1 unspecified atom stereocenters. The molecule has 0 saturated heterocycles. The third kappa shape index (κ3) is 1.94. The van der Waals surface area contributed by atoms with Crippen LogP contribution in [0.15, 0.2) is 65.7 Å². The van der Waals surface area contributed by atoms with E-state index in [1.54, 1.807) is 30.3 Å². The topological polar surface area (TPSA) is 77.8 Å². The Morgan fingerprint density at radius 3 is 2.39 bits per heavy atom. The summed E-state index contributed by atoms with van der Waals surface area (Å²) in [5, 5.41) is 28.7. The van der Waals surface area contributed by atoms with E-state index < -0.39 is 23.4 Å². The summed E-state index contributed by atoms with van der Waals surface area (Å²) in [5.74, 6) is -1.70. The molecule has 1 aromatic carbocycles. The minimum atomic E-state index is -1.36. The van der Waals surface area contributed by atoms with Gasteiger partial charge in [-0.1, -0.05) is 36.9 Å². The first-order valence-electron chi connectivity index (χ1n) is 5.33. The van der Waals surface area contributed by atoms with E-state index in [1.807, 2.05) is 0 Å². The number of rotatable bonds is 2. The number of hydrogen-bond donors (Lipinski definition) is 3. The second-order valence-corrected chi connectivity index (χ2v) is 3.96. The summed E-state index contributed by atoms with van der Waals surface area (Å²) < 4.78 is 0. The van der Waals surface area contributed by atoms with Gasteiger partial charge in [-0.25, -0.2) is 0 Å². The monoisotopic (exact) mass is 244 g/mol. The predicted molar refractivity (Wildman–Crippen MR) is 66.3 cm³/mol. The van der Waals surface area contributed by atoms with Gasteiger partial charge in [0.2, 0.25) is 0 Å². The van der Waals surface area contributed by atoms with Crippen molar-refractivity contribution in [2.75, 3.05) is 0 Å². The molecule has 3 N–H and O–H groups in total. The first-order valence-corrected chi connectivity index (χ1v) is 5.33. The maximum atomic E-state index is 12.1. The largest absolute Gasteiger partial charge is 0.506 e. The van der Waals surface area contributed by atoms with Crippen LogP contribution in [0.4, 0.5) is 0 Å². The van der Waals surface area contributed by atoms with Crippen molar-refractivity contribution in [3.05, 3.63) is 71.2 Å². The van der Waals surface area contributed by atoms with Gasteiger partial charge >= 0.3 is 0 Å². The summed E-state index contributed by atoms with van der Waals surface area (Å²) in [4.78, 5) is 12.1. The predicted octanol–water partition coefficient (Wildman–Crippen LogP) is 2.05. The molecule has 1 aliphatic rings. The Morgan fingerprint density at radius 1 is 1.17 bits per heavy atom. The van der Waals surface area contributed by atoms with Gasteiger partial charge in [0, 0.05) is 5.56 Å². The van der Waals surface area contributed by atoms with Gasteiger partial charge in [-0.05, 0) is 11.6 Å². The summed E-state index contributed by atoms with van der Waals surface area (Å²) in [6.07, 6.45) is -0.0907. The third-order valence-corrected chi connectivity index (χ3v) is 2.72. The first kappa shape index (κ1) is 12.1. The van der Waals surface area contributed by atoms with Gasteiger partial charge in [-0.15, -0.1) is 0 Å². The van der Waals surface area contributed by atoms with Crippen LogP contribution in [-0.2, 0) is 0 Å². The molecule has 0 aliphatic heterocycles. The van der Waals surface area contributed by atoms with Gasteiger partial charge < -0.3 is 15.3 Å². The molecule has 0 amide bonds. The first-order chi connectivity index (χ1) is 8.52. The SMILES string of the molecule is C=C1C=C(C(=O)c2ccccc2)C(O)=C(O)C1O. The Labute approximate surface area is 104 Å². The molecule has 0 spiro atoms. The molecule has 92 valence electrons. The molecule has 0 heterocycles. The van der Waals surface area contributed by atoms with E-state index in [1.165, 1.54) is 6.08 Å². The average molecular weight is 244 g/mol. The molecule has 4 heteroatoms. The molecule has 0 saturated carbocycles. The van der Waals surface area contributed by atoms with Crippen LogP contribution in [0.2, 0.25) is 0 Å². The maximum Gasteiger partial charge on any atom is 0.196 e. The lowest BCUT2D eigenvalue weighted by Crippen LogP contribution is -2.22. The van der Waals surface area contributed by atoms with Gasteiger partial charge in [0.15, 0.2) is 17.3 Å². The Kier molecular flexibility index (Phi) is 3.04. The molecule has 4 nitrogen and oxygen atoms in total. The second-order valence-electron chi connectivity index (χ2n) is 3.96. The molecule has 1 aromatic rings. The highest BCUT2D eigenvalue weighted by Crippen LogP contribution is 2.27. The number of carbonyl (C=O) groups is 1. The molecular weight excluding hydrogens is 232 g/mol. The molecule has 1 atom stereocenters. The number of aliphatic hydroxyl groups excluding tert-OH is 3. The van der Waals surface area contributed by atoms with Crippen molar-refractivity contribution in [2.45, 2.75) is 6.10 Å². The zero-order valence-corrected chi connectivity index (χ0v) is 9.50. The van der Waals surface area contributed by atoms with E-state index >= 15 is 0 Å². The summed E-state index contributed by atoms with van der Waals surface area (Å²) in [7, 11) is 0. The van der Waals surface area contributed by atoms with Gasteiger partial charge in [0.05, 0.1) is 5.57 Å². The fraction of sp³-hybridized carbons (Fsp3) is 0.0714. The standard InChI is InChI=1S/C14H12O4/c1-8-7-10(13(17)14(18)11(8)15)12(16)9-5-3-2-4-6-9/h2-7,11,15,17-18H,1H2. The molecule has 0 aromatic heterocycles. The highest BCUT2D eigenvalue weighted by atomic mass is 16.3. The lowest BCUT2D eigenvalue weighted by molar-refractivity contribution is 0.102. The van der Waals surface area contributed by atoms with Crippen LogP contribution in [0.5, 0.6) is 0 Å². The normalized spacial score (nSPS) is 19.7. The minimum Gasteiger partial charge on any atom is -0.506 e. The van der Waals surface area contributed by atoms with Crippen molar-refractivity contribution in [2.24, 2.45) is 0 Å². The van der Waals surface area contributed by atoms with Crippen LogP contribution in [0.1, 0.15) is 10.4 Å². The molecule has 0 radical (unpaired) electrons. The number of carbonyl (C=O) groups excluding carboxylic acids is 1. The summed E-state index contributed by atoms with van der Waals surface area (Å²) in [5.41, 5.74) is 0.464. The van der Waals surface area contributed by atoms with Crippen molar-refractivity contribution in [3.8, 4) is 0 Å². The van der Waals surface area contributed by atoms with Crippen molar-refractivity contribution in [3.63, 3.8) is 0 Å². The highest BCUT2D eigenvalue weighted by Gasteiger charge is 2.29. The van der Waals surface area contributed by atoms with E-state index in [0.29, 0.717) is 5.56 Å². The number of ketones is 1. The van der Waals surface area contributed by atoms with E-state index in [-0.39, 0.29) is 11.1 Å². The molecule has 1 aliphatic carbocycles. The molecule has 2 rings (SSSR count). The quantitative estimate of drug-likeness (QED) is 0.696. The number of benzene rings is 1. The number of hydrogen-bond acceptors (Lipinski definition) is 4. The fourth-order valence-electron chi connectivity index (χ4n) is 1.69. The van der Waals surface area contributed by atoms with Crippen LogP contribution < -0.4 is 0 Å². The van der Waals surface area contributed by atoms with Gasteiger partial charge in [-0.2, -0.15) is 0 Å². The fourth-order valence-corrected chi connectivity index (χ4v) is 1.69. The van der Waals surface area contributed by atoms with Gasteiger partial charge in [-0.3, -0.25) is 4.79 Å². The average Bonchev–Trinajstić information content (AvgIpc) is 2.41. The van der Waals surface area contributed by atoms with Crippen LogP contribution in [0.25, 0.3) is 0 Å². The summed E-state index contributed by atoms with van der Waals surface area (Å²) in [6.45, 7) is 3.52. The van der Waals surface area contributed by atoms with Crippen LogP contribution in [0, 0.1) is 0 Å². The van der Waals surface area contributed by atoms with E-state index in [0.717, 1.165) is 0 Å². The smallest absolute Gasteiger partial charge is 0.196 e. The summed E-state index contributed by atoms with van der Waals surface area (Å²) in [6, 6.07) is 8.35. The van der Waals surface area contributed by atoms with Crippen molar-refractivity contribution in [1.29, 1.82) is 0 Å². The molecule has 0 bridgehead atoms. The van der Waals surface area contributed by atoms with Crippen LogP contribution in [0.3, 0.4) is 0 Å². The van der Waals surface area contributed by atoms with Crippen LogP contribution in [-0.4, -0.2) is 27.2 Å². The van der Waals surface area contributed by atoms with Crippen molar-refractivity contribution < 1.29 is 20.1 Å². The van der Waals surface area contributed by atoms with Crippen LogP contribution >= 0.6 is 0 Å². The van der Waals surface area contributed by atoms with E-state index in [9.17, 15) is 20.1 Å². The Balaban J connectivity index is 2.44. The third-order valence-electron chi connectivity index (χ3n) is 2.72. The van der Waals surface area contributed by atoms with E-state index in [4.69, 9.17) is 0 Å². The van der Waals surface area contributed by atoms with E-state index in [2.05, 4.69) is 6.58 Å². The zero-order valence-electron chi connectivity index (χ0n) is 9.50. The molecule has 18 heavy (non-hydrogen) atoms. The van der Waals surface area contributed by atoms with Gasteiger partial charge in [0.1, 0.15) is 6.10 Å². The Morgan fingerprint density at radius 2 is 1.78 bits per heavy atom. The molecule has 0 fully saturated rings. The number of Topliss-reactive ketones (excluding diaryl/α,β-unsaturated/α-hetero) is 1. The lowest BCUT2D eigenvalue weighted by Gasteiger charge is -2.19. The lowest BCUT2D eigenvalue weighted by atomic mass is 9.92. The number of aliphatic hydroxyl groups is 3. The Bertz CT molecular complexity index is 567. The van der Waals surface area contributed by atoms with Crippen molar-refractivity contribution in [1.82, 2.24) is 0 Å². The summed E-state index contributed by atoms with van der Waals surface area (Å²) >= 11 is 0. The minimum absolute atomic E-state index is 0.0750. The number of allylic oxidation sites excluding steroid dienone is 1. The van der Waals surface area contributed by atoms with Gasteiger partial charge in [0.25, 0.3) is 0 Å².